The Hall–Kier alpha value is -3.24. The number of rotatable bonds is 4. The molecule has 0 N–H and O–H groups in total. The maximum atomic E-state index is 13.0. The first-order valence-corrected chi connectivity index (χ1v) is 11.2. The number of carbonyl (C=O) groups is 2. The number of fused-ring (bicyclic) bond motifs is 1. The lowest BCUT2D eigenvalue weighted by molar-refractivity contribution is -0.129. The highest BCUT2D eigenvalue weighted by Crippen LogP contribution is 2.43. The maximum Gasteiger partial charge on any atom is 0.338 e. The molecule has 2 aromatic carbocycles. The Bertz CT molecular complexity index is 1090. The summed E-state index contributed by atoms with van der Waals surface area (Å²) in [7, 11) is 0. The van der Waals surface area contributed by atoms with Crippen molar-refractivity contribution in [3.05, 3.63) is 75.8 Å². The number of anilines is 1. The molecule has 2 aliphatic rings. The lowest BCUT2D eigenvalue weighted by Crippen LogP contribution is -2.47. The Kier molecular flexibility index (Phi) is 6.01. The number of thioether (sulfide) groups is 1. The van der Waals surface area contributed by atoms with E-state index in [0.29, 0.717) is 30.3 Å². The number of benzene rings is 2. The fraction of sp³-hybridized carbons (Fsp3) is 0.292. The number of esters is 1. The predicted octanol–water partition coefficient (Wildman–Crippen LogP) is 4.39. The highest BCUT2D eigenvalue weighted by molar-refractivity contribution is 8.03. The Labute approximate surface area is 186 Å². The van der Waals surface area contributed by atoms with Gasteiger partial charge in [-0.3, -0.25) is 9.69 Å². The van der Waals surface area contributed by atoms with Crippen molar-refractivity contribution in [3.63, 3.8) is 0 Å². The van der Waals surface area contributed by atoms with Crippen LogP contribution in [0.3, 0.4) is 0 Å². The van der Waals surface area contributed by atoms with Crippen LogP contribution in [0, 0.1) is 18.3 Å². The highest BCUT2D eigenvalue weighted by Gasteiger charge is 2.38. The van der Waals surface area contributed by atoms with Gasteiger partial charge in [0.2, 0.25) is 5.91 Å². The molecule has 1 amide bonds. The van der Waals surface area contributed by atoms with Gasteiger partial charge in [-0.2, -0.15) is 5.26 Å². The Morgan fingerprint density at radius 1 is 1.26 bits per heavy atom. The van der Waals surface area contributed by atoms with Crippen molar-refractivity contribution in [2.45, 2.75) is 26.2 Å². The topological polar surface area (TPSA) is 73.6 Å². The molecule has 1 atom stereocenters. The number of nitrogens with zero attached hydrogens (tertiary/aromatic N) is 3. The summed E-state index contributed by atoms with van der Waals surface area (Å²) < 4.78 is 5.09. The first kappa shape index (κ1) is 21.0. The first-order chi connectivity index (χ1) is 15.0. The van der Waals surface area contributed by atoms with Crippen LogP contribution in [0.15, 0.2) is 59.1 Å². The van der Waals surface area contributed by atoms with Gasteiger partial charge in [0.25, 0.3) is 0 Å². The quantitative estimate of drug-likeness (QED) is 0.666. The van der Waals surface area contributed by atoms with Crippen molar-refractivity contribution < 1.29 is 14.3 Å². The minimum Gasteiger partial charge on any atom is -0.462 e. The number of ether oxygens (including phenoxy) is 1. The standard InChI is InChI=1S/C24H23N3O3S/c1-3-30-24(29)18-5-4-6-19(11-18)26-14-27-22(28)12-20(17-9-7-16(2)8-10-17)21(13-25)23(27)31-15-26/h4-11,20H,3,12,14-15H2,1-2H3. The fourth-order valence-corrected chi connectivity index (χ4v) is 5.02. The second-order valence-electron chi connectivity index (χ2n) is 7.55. The third-order valence-corrected chi connectivity index (χ3v) is 6.65. The molecule has 1 unspecified atom stereocenters. The van der Waals surface area contributed by atoms with Crippen molar-refractivity contribution >= 4 is 29.3 Å². The molecular formula is C24H23N3O3S. The average molecular weight is 434 g/mol. The van der Waals surface area contributed by atoms with Crippen molar-refractivity contribution in [1.82, 2.24) is 4.90 Å². The molecule has 7 heteroatoms. The molecule has 31 heavy (non-hydrogen) atoms. The molecule has 0 aromatic heterocycles. The summed E-state index contributed by atoms with van der Waals surface area (Å²) in [6.45, 7) is 4.45. The fourth-order valence-electron chi connectivity index (χ4n) is 3.85. The van der Waals surface area contributed by atoms with Gasteiger partial charge in [-0.1, -0.05) is 47.7 Å². The molecule has 0 bridgehead atoms. The zero-order valence-electron chi connectivity index (χ0n) is 17.5. The molecule has 1 fully saturated rings. The summed E-state index contributed by atoms with van der Waals surface area (Å²) in [5.41, 5.74) is 4.10. The second-order valence-corrected chi connectivity index (χ2v) is 8.48. The van der Waals surface area contributed by atoms with Gasteiger partial charge in [0.1, 0.15) is 0 Å². The first-order valence-electron chi connectivity index (χ1n) is 10.2. The average Bonchev–Trinajstić information content (AvgIpc) is 2.79. The van der Waals surface area contributed by atoms with E-state index in [4.69, 9.17) is 4.74 Å². The van der Waals surface area contributed by atoms with Crippen LogP contribution >= 0.6 is 11.8 Å². The smallest absolute Gasteiger partial charge is 0.338 e. The van der Waals surface area contributed by atoms with Crippen molar-refractivity contribution in [2.24, 2.45) is 0 Å². The largest absolute Gasteiger partial charge is 0.462 e. The summed E-state index contributed by atoms with van der Waals surface area (Å²) >= 11 is 1.48. The van der Waals surface area contributed by atoms with E-state index in [1.165, 1.54) is 11.8 Å². The van der Waals surface area contributed by atoms with Gasteiger partial charge in [0.05, 0.1) is 41.4 Å². The van der Waals surface area contributed by atoms with Crippen molar-refractivity contribution in [3.8, 4) is 6.07 Å². The van der Waals surface area contributed by atoms with Gasteiger partial charge in [0, 0.05) is 18.0 Å². The summed E-state index contributed by atoms with van der Waals surface area (Å²) in [5.74, 6) is 0.00204. The lowest BCUT2D eigenvalue weighted by Gasteiger charge is -2.42. The summed E-state index contributed by atoms with van der Waals surface area (Å²) in [5, 5.41) is 10.6. The van der Waals surface area contributed by atoms with Gasteiger partial charge in [-0.15, -0.1) is 0 Å². The van der Waals surface area contributed by atoms with Crippen LogP contribution in [0.5, 0.6) is 0 Å². The number of allylic oxidation sites excluding steroid dienone is 1. The summed E-state index contributed by atoms with van der Waals surface area (Å²) in [6, 6.07) is 17.6. The molecule has 0 radical (unpaired) electrons. The molecule has 1 saturated heterocycles. The normalized spacial score (nSPS) is 18.5. The number of carbonyl (C=O) groups excluding carboxylic acids is 2. The van der Waals surface area contributed by atoms with Crippen molar-refractivity contribution in [1.29, 1.82) is 5.26 Å². The van der Waals surface area contributed by atoms with Crippen LogP contribution in [0.25, 0.3) is 0 Å². The van der Waals surface area contributed by atoms with Gasteiger partial charge >= 0.3 is 5.97 Å². The number of nitriles is 1. The molecule has 0 aliphatic carbocycles. The van der Waals surface area contributed by atoms with Crippen LogP contribution in [-0.4, -0.2) is 35.9 Å². The molecule has 158 valence electrons. The Morgan fingerprint density at radius 2 is 2.03 bits per heavy atom. The zero-order valence-corrected chi connectivity index (χ0v) is 18.3. The highest BCUT2D eigenvalue weighted by atomic mass is 32.2. The van der Waals surface area contributed by atoms with Crippen LogP contribution < -0.4 is 4.90 Å². The summed E-state index contributed by atoms with van der Waals surface area (Å²) in [4.78, 5) is 28.8. The van der Waals surface area contributed by atoms with Gasteiger partial charge in [-0.05, 0) is 37.6 Å². The number of aryl methyl sites for hydroxylation is 1. The minimum absolute atomic E-state index is 0.00155. The van der Waals surface area contributed by atoms with Gasteiger partial charge in [-0.25, -0.2) is 4.79 Å². The minimum atomic E-state index is -0.364. The predicted molar refractivity (Wildman–Crippen MR) is 120 cm³/mol. The molecule has 4 rings (SSSR count). The third kappa shape index (κ3) is 4.17. The Balaban J connectivity index is 1.61. The Morgan fingerprint density at radius 3 is 2.74 bits per heavy atom. The van der Waals surface area contributed by atoms with Gasteiger partial charge in [0.15, 0.2) is 0 Å². The number of amides is 1. The number of hydrogen-bond acceptors (Lipinski definition) is 6. The molecule has 6 nitrogen and oxygen atoms in total. The van der Waals surface area contributed by atoms with E-state index in [0.717, 1.165) is 21.8 Å². The van der Waals surface area contributed by atoms with Crippen LogP contribution in [0.2, 0.25) is 0 Å². The second kappa shape index (κ2) is 8.86. The van der Waals surface area contributed by atoms with E-state index in [2.05, 4.69) is 6.07 Å². The van der Waals surface area contributed by atoms with E-state index in [-0.39, 0.29) is 24.2 Å². The molecule has 0 saturated carbocycles. The molecule has 2 aliphatic heterocycles. The van der Waals surface area contributed by atoms with E-state index in [1.807, 2.05) is 48.2 Å². The zero-order chi connectivity index (χ0) is 22.0. The monoisotopic (exact) mass is 433 g/mol. The van der Waals surface area contributed by atoms with E-state index >= 15 is 0 Å². The van der Waals surface area contributed by atoms with Crippen molar-refractivity contribution in [2.75, 3.05) is 24.1 Å². The maximum absolute atomic E-state index is 13.0. The van der Waals surface area contributed by atoms with Gasteiger partial charge < -0.3 is 9.64 Å². The van der Waals surface area contributed by atoms with E-state index in [9.17, 15) is 14.9 Å². The summed E-state index contributed by atoms with van der Waals surface area (Å²) in [6.07, 6.45) is 0.271. The molecule has 2 aromatic rings. The SMILES string of the molecule is CCOC(=O)c1cccc(N2CSC3=C(C#N)C(c4ccc(C)cc4)CC(=O)N3C2)c1. The van der Waals surface area contributed by atoms with Crippen LogP contribution in [-0.2, 0) is 9.53 Å². The van der Waals surface area contributed by atoms with Crippen LogP contribution in [0.1, 0.15) is 40.7 Å². The van der Waals surface area contributed by atoms with Crippen LogP contribution in [0.4, 0.5) is 5.69 Å². The molecule has 0 spiro atoms. The van der Waals surface area contributed by atoms with E-state index in [1.54, 1.807) is 24.0 Å². The third-order valence-electron chi connectivity index (χ3n) is 5.50. The molecule has 2 heterocycles. The molecular weight excluding hydrogens is 410 g/mol. The number of hydrogen-bond donors (Lipinski definition) is 0. The van der Waals surface area contributed by atoms with E-state index < -0.39 is 0 Å². The lowest BCUT2D eigenvalue weighted by atomic mass is 9.86.